The highest BCUT2D eigenvalue weighted by atomic mass is 127. The van der Waals surface area contributed by atoms with Gasteiger partial charge in [0.2, 0.25) is 0 Å². The summed E-state index contributed by atoms with van der Waals surface area (Å²) >= 11 is 0. The van der Waals surface area contributed by atoms with Crippen molar-refractivity contribution in [2.45, 2.75) is 39.2 Å². The number of unbranched alkanes of at least 4 members (excludes halogenated alkanes) is 1. The van der Waals surface area contributed by atoms with Crippen LogP contribution in [0.4, 0.5) is 5.69 Å². The molecule has 8 heteroatoms. The second-order valence-corrected chi connectivity index (χ2v) is 7.39. The minimum Gasteiger partial charge on any atom is -0.490 e. The third-order valence-corrected chi connectivity index (χ3v) is 5.01. The molecule has 0 spiro atoms. The van der Waals surface area contributed by atoms with Crippen molar-refractivity contribution in [2.75, 3.05) is 32.2 Å². The van der Waals surface area contributed by atoms with Crippen molar-refractivity contribution in [2.24, 2.45) is 4.99 Å². The van der Waals surface area contributed by atoms with E-state index in [1.165, 1.54) is 18.2 Å². The molecule has 7 nitrogen and oxygen atoms in total. The van der Waals surface area contributed by atoms with Crippen LogP contribution >= 0.6 is 24.0 Å². The summed E-state index contributed by atoms with van der Waals surface area (Å²) in [5.74, 6) is 1.99. The van der Waals surface area contributed by atoms with Crippen molar-refractivity contribution < 1.29 is 19.0 Å². The Morgan fingerprint density at radius 3 is 2.66 bits per heavy atom. The molecule has 0 fully saturated rings. The molecular formula is C24H32IN3O4. The van der Waals surface area contributed by atoms with Gasteiger partial charge in [0.15, 0.2) is 17.5 Å². The molecule has 0 saturated carbocycles. The number of ether oxygens (including phenoxy) is 3. The van der Waals surface area contributed by atoms with E-state index in [9.17, 15) is 4.79 Å². The highest BCUT2D eigenvalue weighted by Crippen LogP contribution is 2.32. The number of halogens is 1. The number of rotatable bonds is 8. The molecule has 3 rings (SSSR count). The van der Waals surface area contributed by atoms with E-state index in [0.29, 0.717) is 38.7 Å². The summed E-state index contributed by atoms with van der Waals surface area (Å²) < 4.78 is 16.2. The number of nitrogens with one attached hydrogen (secondary N) is 2. The number of fused-ring (bicyclic) bond motifs is 1. The Morgan fingerprint density at radius 2 is 1.88 bits per heavy atom. The number of carbonyl (C=O) groups is 1. The van der Waals surface area contributed by atoms with E-state index in [0.717, 1.165) is 36.4 Å². The number of carbonyl (C=O) groups excluding carboxylic acids is 1. The van der Waals surface area contributed by atoms with Gasteiger partial charge in [-0.25, -0.2) is 4.99 Å². The molecular weight excluding hydrogens is 521 g/mol. The fraction of sp³-hybridized carbons (Fsp3) is 0.417. The topological polar surface area (TPSA) is 81.2 Å². The average molecular weight is 553 g/mol. The zero-order valence-corrected chi connectivity index (χ0v) is 21.0. The summed E-state index contributed by atoms with van der Waals surface area (Å²) in [6.07, 6.45) is 2.88. The van der Waals surface area contributed by atoms with Crippen LogP contribution in [-0.2, 0) is 16.1 Å². The average Bonchev–Trinajstić information content (AvgIpc) is 3.02. The fourth-order valence-corrected chi connectivity index (χ4v) is 3.17. The molecule has 0 unspecified atom stereocenters. The molecule has 1 aliphatic heterocycles. The van der Waals surface area contributed by atoms with E-state index in [1.807, 2.05) is 30.3 Å². The van der Waals surface area contributed by atoms with E-state index in [1.54, 1.807) is 0 Å². The predicted octanol–water partition coefficient (Wildman–Crippen LogP) is 4.68. The highest BCUT2D eigenvalue weighted by molar-refractivity contribution is 14.0. The molecule has 0 aliphatic carbocycles. The zero-order chi connectivity index (χ0) is 21.9. The summed E-state index contributed by atoms with van der Waals surface area (Å²) in [4.78, 5) is 16.0. The quantitative estimate of drug-likeness (QED) is 0.163. The number of benzene rings is 2. The maximum absolute atomic E-state index is 11.3. The third-order valence-electron chi connectivity index (χ3n) is 5.01. The second-order valence-electron chi connectivity index (χ2n) is 7.39. The normalized spacial score (nSPS) is 12.9. The van der Waals surface area contributed by atoms with Crippen LogP contribution in [0, 0.1) is 6.92 Å². The van der Waals surface area contributed by atoms with Crippen LogP contribution in [-0.4, -0.2) is 38.8 Å². The SMILES string of the molecule is COC(=O)CCCCNC(=NCc1ccccc1C)Nc1ccc2c(c1)OCCCO2.I. The lowest BCUT2D eigenvalue weighted by Gasteiger charge is -2.15. The fourth-order valence-electron chi connectivity index (χ4n) is 3.17. The van der Waals surface area contributed by atoms with Crippen molar-refractivity contribution in [1.82, 2.24) is 5.32 Å². The summed E-state index contributed by atoms with van der Waals surface area (Å²) in [5.41, 5.74) is 3.25. The van der Waals surface area contributed by atoms with Crippen LogP contribution in [0.3, 0.4) is 0 Å². The van der Waals surface area contributed by atoms with Crippen molar-refractivity contribution in [3.8, 4) is 11.5 Å². The van der Waals surface area contributed by atoms with Crippen molar-refractivity contribution in [3.63, 3.8) is 0 Å². The molecule has 32 heavy (non-hydrogen) atoms. The van der Waals surface area contributed by atoms with Crippen LogP contribution < -0.4 is 20.1 Å². The van der Waals surface area contributed by atoms with Crippen molar-refractivity contribution in [3.05, 3.63) is 53.6 Å². The van der Waals surface area contributed by atoms with Gasteiger partial charge in [-0.05, 0) is 43.0 Å². The Kier molecular flexibility index (Phi) is 11.1. The first-order chi connectivity index (χ1) is 15.2. The number of guanidine groups is 1. The van der Waals surface area contributed by atoms with E-state index < -0.39 is 0 Å². The molecule has 0 atom stereocenters. The van der Waals surface area contributed by atoms with Gasteiger partial charge in [-0.15, -0.1) is 24.0 Å². The molecule has 174 valence electrons. The Morgan fingerprint density at radius 1 is 1.09 bits per heavy atom. The Balaban J connectivity index is 0.00000363. The van der Waals surface area contributed by atoms with Crippen LogP contribution in [0.2, 0.25) is 0 Å². The lowest BCUT2D eigenvalue weighted by atomic mass is 10.1. The van der Waals surface area contributed by atoms with Crippen LogP contribution in [0.5, 0.6) is 11.5 Å². The van der Waals surface area contributed by atoms with Crippen LogP contribution in [0.25, 0.3) is 0 Å². The van der Waals surface area contributed by atoms with Gasteiger partial charge in [-0.1, -0.05) is 24.3 Å². The summed E-state index contributed by atoms with van der Waals surface area (Å²) in [6, 6.07) is 14.0. The molecule has 2 aromatic carbocycles. The van der Waals surface area contributed by atoms with E-state index in [2.05, 4.69) is 29.7 Å². The highest BCUT2D eigenvalue weighted by Gasteiger charge is 2.11. The first kappa shape index (κ1) is 25.8. The first-order valence-corrected chi connectivity index (χ1v) is 10.7. The van der Waals surface area contributed by atoms with Gasteiger partial charge in [0.1, 0.15) is 0 Å². The van der Waals surface area contributed by atoms with Crippen molar-refractivity contribution >= 4 is 41.6 Å². The summed E-state index contributed by atoms with van der Waals surface area (Å²) in [5, 5.41) is 6.72. The smallest absolute Gasteiger partial charge is 0.305 e. The Bertz CT molecular complexity index is 905. The molecule has 1 aliphatic rings. The number of aryl methyl sites for hydroxylation is 1. The van der Waals surface area contributed by atoms with Gasteiger partial charge < -0.3 is 24.8 Å². The maximum Gasteiger partial charge on any atom is 0.305 e. The van der Waals surface area contributed by atoms with Crippen LogP contribution in [0.15, 0.2) is 47.5 Å². The third kappa shape index (κ3) is 8.22. The first-order valence-electron chi connectivity index (χ1n) is 10.7. The molecule has 0 bridgehead atoms. The maximum atomic E-state index is 11.3. The molecule has 0 aromatic heterocycles. The number of esters is 1. The van der Waals surface area contributed by atoms with E-state index >= 15 is 0 Å². The number of aliphatic imine (C=N–C) groups is 1. The van der Waals surface area contributed by atoms with Gasteiger partial charge in [0.05, 0.1) is 26.9 Å². The molecule has 0 radical (unpaired) electrons. The van der Waals surface area contributed by atoms with Crippen LogP contribution in [0.1, 0.15) is 36.8 Å². The summed E-state index contributed by atoms with van der Waals surface area (Å²) in [6.45, 7) is 4.65. The Labute approximate surface area is 207 Å². The number of hydrogen-bond acceptors (Lipinski definition) is 5. The number of anilines is 1. The van der Waals surface area contributed by atoms with E-state index in [-0.39, 0.29) is 29.9 Å². The molecule has 2 N–H and O–H groups in total. The molecule has 2 aromatic rings. The lowest BCUT2D eigenvalue weighted by molar-refractivity contribution is -0.140. The van der Waals surface area contributed by atoms with E-state index in [4.69, 9.17) is 19.2 Å². The Hall–Kier alpha value is -2.49. The largest absolute Gasteiger partial charge is 0.490 e. The monoisotopic (exact) mass is 553 g/mol. The minimum absolute atomic E-state index is 0. The predicted molar refractivity (Wildman–Crippen MR) is 137 cm³/mol. The number of nitrogens with zero attached hydrogens (tertiary/aromatic N) is 1. The number of hydrogen-bond donors (Lipinski definition) is 2. The van der Waals surface area contributed by atoms with Gasteiger partial charge in [0.25, 0.3) is 0 Å². The summed E-state index contributed by atoms with van der Waals surface area (Å²) in [7, 11) is 1.41. The number of methoxy groups -OCH3 is 1. The molecule has 0 amide bonds. The second kappa shape index (κ2) is 13.8. The van der Waals surface area contributed by atoms with Gasteiger partial charge in [-0.2, -0.15) is 0 Å². The zero-order valence-electron chi connectivity index (χ0n) is 18.7. The lowest BCUT2D eigenvalue weighted by Crippen LogP contribution is -2.31. The van der Waals surface area contributed by atoms with Gasteiger partial charge >= 0.3 is 5.97 Å². The van der Waals surface area contributed by atoms with Crippen molar-refractivity contribution in [1.29, 1.82) is 0 Å². The molecule has 1 heterocycles. The molecule has 0 saturated heterocycles. The van der Waals surface area contributed by atoms with Gasteiger partial charge in [-0.3, -0.25) is 4.79 Å². The van der Waals surface area contributed by atoms with Gasteiger partial charge in [0, 0.05) is 31.1 Å². The minimum atomic E-state index is -0.182. The standard InChI is InChI=1S/C24H31N3O4.HI/c1-18-8-3-4-9-19(18)17-26-24(25-13-6-5-10-23(28)29-2)27-20-11-12-21-22(16-20)31-15-7-14-30-21;/h3-4,8-9,11-12,16H,5-7,10,13-15,17H2,1-2H3,(H2,25,26,27);1H.